The molecule has 0 amide bonds. The average molecular weight is 218 g/mol. The third-order valence-corrected chi connectivity index (χ3v) is 2.31. The summed E-state index contributed by atoms with van der Waals surface area (Å²) >= 11 is 0. The van der Waals surface area contributed by atoms with Gasteiger partial charge in [0.25, 0.3) is 0 Å². The zero-order valence-electron chi connectivity index (χ0n) is 10.0. The zero-order valence-corrected chi connectivity index (χ0v) is 10.0. The van der Waals surface area contributed by atoms with Crippen LogP contribution in [-0.4, -0.2) is 10.9 Å². The molecule has 1 atom stereocenters. The number of aryl methyl sites for hydroxylation is 1. The molecule has 2 nitrogen and oxygen atoms in total. The van der Waals surface area contributed by atoms with Crippen LogP contribution in [-0.2, 0) is 4.79 Å². The van der Waals surface area contributed by atoms with E-state index >= 15 is 0 Å². The van der Waals surface area contributed by atoms with E-state index in [4.69, 9.17) is 0 Å². The highest BCUT2D eigenvalue weighted by Gasteiger charge is 2.10. The van der Waals surface area contributed by atoms with Crippen molar-refractivity contribution in [2.24, 2.45) is 0 Å². The molecule has 0 aliphatic rings. The number of allylic oxidation sites excluding steroid dienone is 2. The minimum absolute atomic E-state index is 0.0342. The molecule has 0 fully saturated rings. The van der Waals surface area contributed by atoms with E-state index in [1.807, 2.05) is 45.0 Å². The van der Waals surface area contributed by atoms with Crippen molar-refractivity contribution in [3.05, 3.63) is 47.0 Å². The Morgan fingerprint density at radius 3 is 2.38 bits per heavy atom. The fourth-order valence-corrected chi connectivity index (χ4v) is 1.48. The van der Waals surface area contributed by atoms with Gasteiger partial charge in [-0.1, -0.05) is 35.4 Å². The van der Waals surface area contributed by atoms with E-state index < -0.39 is 6.10 Å². The molecule has 0 radical (unpaired) electrons. The Morgan fingerprint density at radius 2 is 1.88 bits per heavy atom. The van der Waals surface area contributed by atoms with Crippen LogP contribution in [0.25, 0.3) is 0 Å². The van der Waals surface area contributed by atoms with Gasteiger partial charge < -0.3 is 5.11 Å². The van der Waals surface area contributed by atoms with Crippen molar-refractivity contribution < 1.29 is 9.90 Å². The lowest BCUT2D eigenvalue weighted by Crippen LogP contribution is -2.04. The molecule has 1 aromatic rings. The van der Waals surface area contributed by atoms with Gasteiger partial charge in [0.05, 0.1) is 6.10 Å². The van der Waals surface area contributed by atoms with Crippen LogP contribution in [0, 0.1) is 6.92 Å². The molecule has 86 valence electrons. The van der Waals surface area contributed by atoms with Crippen molar-refractivity contribution >= 4 is 5.78 Å². The third kappa shape index (κ3) is 3.99. The number of carbonyl (C=O) groups excluding carboxylic acids is 1. The van der Waals surface area contributed by atoms with Gasteiger partial charge in [-0.25, -0.2) is 0 Å². The van der Waals surface area contributed by atoms with Gasteiger partial charge in [0.15, 0.2) is 5.78 Å². The standard InChI is InChI=1S/C14H18O2/c1-10(2)8-13(15)9-14(16)12-6-4-11(3)5-7-12/h4-8,14,16H,9H2,1-3H3. The lowest BCUT2D eigenvalue weighted by molar-refractivity contribution is -0.116. The predicted molar refractivity (Wildman–Crippen MR) is 65.2 cm³/mol. The topological polar surface area (TPSA) is 37.3 Å². The highest BCUT2D eigenvalue weighted by atomic mass is 16.3. The summed E-state index contributed by atoms with van der Waals surface area (Å²) in [6.07, 6.45) is 1.01. The normalized spacial score (nSPS) is 12.0. The molecule has 1 unspecified atom stereocenters. The van der Waals surface area contributed by atoms with Crippen molar-refractivity contribution in [2.45, 2.75) is 33.3 Å². The number of aliphatic hydroxyl groups is 1. The second-order valence-electron chi connectivity index (χ2n) is 4.32. The Morgan fingerprint density at radius 1 is 1.31 bits per heavy atom. The number of benzene rings is 1. The van der Waals surface area contributed by atoms with Crippen LogP contribution < -0.4 is 0 Å². The van der Waals surface area contributed by atoms with E-state index in [1.54, 1.807) is 6.08 Å². The van der Waals surface area contributed by atoms with Crippen LogP contribution in [0.3, 0.4) is 0 Å². The summed E-state index contributed by atoms with van der Waals surface area (Å²) < 4.78 is 0. The highest BCUT2D eigenvalue weighted by Crippen LogP contribution is 2.17. The Hall–Kier alpha value is -1.41. The summed E-state index contributed by atoms with van der Waals surface area (Å²) in [6, 6.07) is 7.58. The molecule has 0 bridgehead atoms. The predicted octanol–water partition coefficient (Wildman–Crippen LogP) is 2.95. The first-order valence-electron chi connectivity index (χ1n) is 5.41. The van der Waals surface area contributed by atoms with E-state index in [1.165, 1.54) is 0 Å². The van der Waals surface area contributed by atoms with E-state index in [0.29, 0.717) is 0 Å². The molecule has 1 rings (SSSR count). The molecule has 0 aliphatic carbocycles. The minimum atomic E-state index is -0.705. The molecule has 0 heterocycles. The maximum absolute atomic E-state index is 11.5. The lowest BCUT2D eigenvalue weighted by atomic mass is 10.0. The summed E-state index contributed by atoms with van der Waals surface area (Å²) in [5, 5.41) is 9.84. The first-order valence-corrected chi connectivity index (χ1v) is 5.41. The van der Waals surface area contributed by atoms with Crippen LogP contribution in [0.2, 0.25) is 0 Å². The Kier molecular flexibility index (Phi) is 4.44. The van der Waals surface area contributed by atoms with E-state index in [9.17, 15) is 9.90 Å². The van der Waals surface area contributed by atoms with Gasteiger partial charge in [-0.2, -0.15) is 0 Å². The molecule has 2 heteroatoms. The quantitative estimate of drug-likeness (QED) is 0.789. The molecule has 0 saturated carbocycles. The molecular formula is C14H18O2. The Labute approximate surface area is 96.6 Å². The zero-order chi connectivity index (χ0) is 12.1. The maximum Gasteiger partial charge on any atom is 0.158 e. The van der Waals surface area contributed by atoms with E-state index in [-0.39, 0.29) is 12.2 Å². The molecule has 1 N–H and O–H groups in total. The van der Waals surface area contributed by atoms with Crippen LogP contribution in [0.5, 0.6) is 0 Å². The highest BCUT2D eigenvalue weighted by molar-refractivity contribution is 5.90. The molecule has 0 saturated heterocycles. The first-order chi connectivity index (χ1) is 7.49. The number of hydrogen-bond donors (Lipinski definition) is 1. The number of ketones is 1. The lowest BCUT2D eigenvalue weighted by Gasteiger charge is -2.09. The van der Waals surface area contributed by atoms with Crippen LogP contribution >= 0.6 is 0 Å². The molecule has 16 heavy (non-hydrogen) atoms. The largest absolute Gasteiger partial charge is 0.388 e. The van der Waals surface area contributed by atoms with Crippen molar-refractivity contribution in [1.82, 2.24) is 0 Å². The number of rotatable bonds is 4. The molecule has 0 aromatic heterocycles. The fourth-order valence-electron chi connectivity index (χ4n) is 1.48. The van der Waals surface area contributed by atoms with Crippen LogP contribution in [0.15, 0.2) is 35.9 Å². The van der Waals surface area contributed by atoms with Gasteiger partial charge in [0, 0.05) is 6.42 Å². The van der Waals surface area contributed by atoms with Gasteiger partial charge in [-0.05, 0) is 32.4 Å². The van der Waals surface area contributed by atoms with Crippen molar-refractivity contribution in [3.8, 4) is 0 Å². The van der Waals surface area contributed by atoms with E-state index in [2.05, 4.69) is 0 Å². The SMILES string of the molecule is CC(C)=CC(=O)CC(O)c1ccc(C)cc1. The molecular weight excluding hydrogens is 200 g/mol. The van der Waals surface area contributed by atoms with Gasteiger partial charge in [-0.15, -0.1) is 0 Å². The second-order valence-corrected chi connectivity index (χ2v) is 4.32. The third-order valence-electron chi connectivity index (χ3n) is 2.31. The Bertz CT molecular complexity index is 384. The summed E-state index contributed by atoms with van der Waals surface area (Å²) in [4.78, 5) is 11.5. The van der Waals surface area contributed by atoms with Gasteiger partial charge in [0.2, 0.25) is 0 Å². The van der Waals surface area contributed by atoms with Crippen LogP contribution in [0.1, 0.15) is 37.5 Å². The average Bonchev–Trinajstić information content (AvgIpc) is 2.16. The molecule has 0 spiro atoms. The molecule has 0 aliphatic heterocycles. The first kappa shape index (κ1) is 12.7. The number of hydrogen-bond acceptors (Lipinski definition) is 2. The van der Waals surface area contributed by atoms with Gasteiger partial charge in [-0.3, -0.25) is 4.79 Å². The summed E-state index contributed by atoms with van der Waals surface area (Å²) in [5.74, 6) is -0.0342. The van der Waals surface area contributed by atoms with Gasteiger partial charge >= 0.3 is 0 Å². The van der Waals surface area contributed by atoms with Crippen LogP contribution in [0.4, 0.5) is 0 Å². The molecule has 1 aromatic carbocycles. The number of carbonyl (C=O) groups is 1. The van der Waals surface area contributed by atoms with Crippen molar-refractivity contribution in [2.75, 3.05) is 0 Å². The van der Waals surface area contributed by atoms with E-state index in [0.717, 1.165) is 16.7 Å². The summed E-state index contributed by atoms with van der Waals surface area (Å²) in [7, 11) is 0. The monoisotopic (exact) mass is 218 g/mol. The summed E-state index contributed by atoms with van der Waals surface area (Å²) in [5.41, 5.74) is 2.90. The van der Waals surface area contributed by atoms with Gasteiger partial charge in [0.1, 0.15) is 0 Å². The smallest absolute Gasteiger partial charge is 0.158 e. The minimum Gasteiger partial charge on any atom is -0.388 e. The fraction of sp³-hybridized carbons (Fsp3) is 0.357. The van der Waals surface area contributed by atoms with Crippen molar-refractivity contribution in [3.63, 3.8) is 0 Å². The Balaban J connectivity index is 2.65. The number of aliphatic hydroxyl groups excluding tert-OH is 1. The summed E-state index contributed by atoms with van der Waals surface area (Å²) in [6.45, 7) is 5.73. The second kappa shape index (κ2) is 5.61. The van der Waals surface area contributed by atoms with Crippen molar-refractivity contribution in [1.29, 1.82) is 0 Å². The maximum atomic E-state index is 11.5.